The number of amides is 2. The first-order chi connectivity index (χ1) is 18.6. The molecule has 2 amide bonds. The molecule has 0 radical (unpaired) electrons. The van der Waals surface area contributed by atoms with Gasteiger partial charge in [-0.3, -0.25) is 14.9 Å². The molecule has 8 nitrogen and oxygen atoms in total. The minimum absolute atomic E-state index is 0.0610. The highest BCUT2D eigenvalue weighted by Gasteiger charge is 2.24. The van der Waals surface area contributed by atoms with Gasteiger partial charge in [-0.2, -0.15) is 0 Å². The van der Waals surface area contributed by atoms with Crippen molar-refractivity contribution in [3.8, 4) is 11.1 Å². The third kappa shape index (κ3) is 6.82. The molecule has 1 aliphatic heterocycles. The fourth-order valence-corrected chi connectivity index (χ4v) is 4.61. The van der Waals surface area contributed by atoms with Gasteiger partial charge in [0.2, 0.25) is 5.91 Å². The largest absolute Gasteiger partial charge is 0.444 e. The summed E-state index contributed by atoms with van der Waals surface area (Å²) in [5, 5.41) is 4.23. The Labute approximate surface area is 228 Å². The van der Waals surface area contributed by atoms with Gasteiger partial charge in [-0.25, -0.2) is 9.79 Å². The van der Waals surface area contributed by atoms with Gasteiger partial charge in [0.15, 0.2) is 0 Å². The van der Waals surface area contributed by atoms with Crippen LogP contribution in [0.3, 0.4) is 0 Å². The molecular weight excluding hydrogens is 492 g/mol. The van der Waals surface area contributed by atoms with Crippen molar-refractivity contribution < 1.29 is 14.3 Å². The predicted octanol–water partition coefficient (Wildman–Crippen LogP) is 6.19. The second kappa shape index (κ2) is 11.7. The van der Waals surface area contributed by atoms with Gasteiger partial charge in [0.1, 0.15) is 11.4 Å². The number of alkyl carbamates (subject to hydrolysis) is 1. The molecule has 1 aliphatic rings. The molecule has 0 atom stereocenters. The summed E-state index contributed by atoms with van der Waals surface area (Å²) >= 11 is 0. The number of ether oxygens (including phenoxy) is 1. The molecule has 2 heterocycles. The number of hydrogen-bond acceptors (Lipinski definition) is 5. The number of fused-ring (bicyclic) bond motifs is 2. The Morgan fingerprint density at radius 2 is 1.72 bits per heavy atom. The maximum atomic E-state index is 13.6. The number of aliphatic imine (C=N–C) groups is 1. The number of rotatable bonds is 6. The van der Waals surface area contributed by atoms with Crippen LogP contribution < -0.4 is 10.9 Å². The Kier molecular flexibility index (Phi) is 8.33. The quantitative estimate of drug-likeness (QED) is 0.398. The Morgan fingerprint density at radius 1 is 1.03 bits per heavy atom. The lowest BCUT2D eigenvalue weighted by molar-refractivity contribution is -0.127. The minimum Gasteiger partial charge on any atom is -0.444 e. The highest BCUT2D eigenvalue weighted by Crippen LogP contribution is 2.33. The second-order valence-corrected chi connectivity index (χ2v) is 10.7. The molecular formula is C31H36N4O4. The third-order valence-corrected chi connectivity index (χ3v) is 6.27. The molecule has 0 unspecified atom stereocenters. The van der Waals surface area contributed by atoms with Crippen LogP contribution in [0.15, 0.2) is 64.0 Å². The molecule has 4 rings (SSSR count). The van der Waals surface area contributed by atoms with Gasteiger partial charge in [-0.1, -0.05) is 32.0 Å². The number of hydrogen-bond donors (Lipinski definition) is 2. The third-order valence-electron chi connectivity index (χ3n) is 6.27. The zero-order valence-corrected chi connectivity index (χ0v) is 23.3. The molecule has 0 fully saturated rings. The van der Waals surface area contributed by atoms with E-state index in [1.165, 1.54) is 0 Å². The summed E-state index contributed by atoms with van der Waals surface area (Å²) < 4.78 is 5.46. The molecule has 1 aromatic heterocycles. The maximum absolute atomic E-state index is 13.6. The van der Waals surface area contributed by atoms with E-state index in [1.54, 1.807) is 33.0 Å². The lowest BCUT2D eigenvalue weighted by Gasteiger charge is -2.23. The normalized spacial score (nSPS) is 13.2. The summed E-state index contributed by atoms with van der Waals surface area (Å²) in [5.74, 6) is 0.284. The van der Waals surface area contributed by atoms with Crippen LogP contribution in [0.1, 0.15) is 59.4 Å². The number of carbonyl (C=O) groups excluding carboxylic acids is 2. The van der Waals surface area contributed by atoms with Crippen LogP contribution in [0.25, 0.3) is 28.0 Å². The summed E-state index contributed by atoms with van der Waals surface area (Å²) in [6, 6.07) is 13.4. The molecule has 2 N–H and O–H groups in total. The Bertz CT molecular complexity index is 1500. The van der Waals surface area contributed by atoms with Crippen molar-refractivity contribution >= 4 is 40.4 Å². The van der Waals surface area contributed by atoms with Crippen molar-refractivity contribution in [2.45, 2.75) is 59.5 Å². The van der Waals surface area contributed by atoms with Crippen molar-refractivity contribution in [2.75, 3.05) is 13.1 Å². The number of amidine groups is 1. The first kappa shape index (κ1) is 27.8. The van der Waals surface area contributed by atoms with Gasteiger partial charge in [0, 0.05) is 42.2 Å². The maximum Gasteiger partial charge on any atom is 0.413 e. The molecule has 0 saturated heterocycles. The Hall–Kier alpha value is -4.20. The molecule has 8 heteroatoms. The number of carbonyl (C=O) groups is 2. The predicted molar refractivity (Wildman–Crippen MR) is 156 cm³/mol. The van der Waals surface area contributed by atoms with E-state index >= 15 is 0 Å². The topological polar surface area (TPSA) is 104 Å². The van der Waals surface area contributed by atoms with Crippen molar-refractivity contribution in [3.63, 3.8) is 0 Å². The zero-order valence-electron chi connectivity index (χ0n) is 23.3. The fourth-order valence-electron chi connectivity index (χ4n) is 4.61. The first-order valence-electron chi connectivity index (χ1n) is 13.4. The molecule has 0 saturated carbocycles. The Balaban J connectivity index is 1.76. The van der Waals surface area contributed by atoms with Crippen LogP contribution >= 0.6 is 0 Å². The van der Waals surface area contributed by atoms with Gasteiger partial charge in [0.25, 0.3) is 5.56 Å². The summed E-state index contributed by atoms with van der Waals surface area (Å²) in [6.45, 7) is 10.8. The molecule has 0 aliphatic carbocycles. The van der Waals surface area contributed by atoms with E-state index in [9.17, 15) is 14.4 Å². The number of pyridine rings is 1. The zero-order chi connectivity index (χ0) is 28.2. The summed E-state index contributed by atoms with van der Waals surface area (Å²) in [6.07, 6.45) is 4.76. The van der Waals surface area contributed by atoms with Crippen LogP contribution in [0.4, 0.5) is 10.5 Å². The van der Waals surface area contributed by atoms with Gasteiger partial charge < -0.3 is 14.6 Å². The van der Waals surface area contributed by atoms with Gasteiger partial charge in [-0.15, -0.1) is 0 Å². The average Bonchev–Trinajstić information content (AvgIpc) is 3.05. The van der Waals surface area contributed by atoms with E-state index in [1.807, 2.05) is 61.2 Å². The SMILES string of the molecule is CCCN(CCC)C(=O)C1=Cc2ccc(-c3ccc4c(=O)[nH]ccc4c3)cc2N=C(NC(=O)OC(C)(C)C)C1. The number of H-pyrrole nitrogens is 1. The number of nitrogens with one attached hydrogen (secondary N) is 2. The number of aromatic nitrogens is 1. The van der Waals surface area contributed by atoms with Crippen molar-refractivity contribution in [3.05, 3.63) is 70.2 Å². The average molecular weight is 529 g/mol. The van der Waals surface area contributed by atoms with Crippen LogP contribution in [0.5, 0.6) is 0 Å². The van der Waals surface area contributed by atoms with Crippen LogP contribution in [0, 0.1) is 0 Å². The highest BCUT2D eigenvalue weighted by molar-refractivity contribution is 6.08. The minimum atomic E-state index is -0.675. The van der Waals surface area contributed by atoms with E-state index in [2.05, 4.69) is 10.3 Å². The highest BCUT2D eigenvalue weighted by atomic mass is 16.6. The molecule has 204 valence electrons. The summed E-state index contributed by atoms with van der Waals surface area (Å²) in [4.78, 5) is 47.7. The van der Waals surface area contributed by atoms with E-state index < -0.39 is 11.7 Å². The van der Waals surface area contributed by atoms with Crippen molar-refractivity contribution in [1.29, 1.82) is 0 Å². The lowest BCUT2D eigenvalue weighted by Crippen LogP contribution is -2.38. The smallest absolute Gasteiger partial charge is 0.413 e. The molecule has 0 spiro atoms. The lowest BCUT2D eigenvalue weighted by atomic mass is 9.99. The van der Waals surface area contributed by atoms with E-state index in [-0.39, 0.29) is 17.9 Å². The van der Waals surface area contributed by atoms with E-state index in [0.717, 1.165) is 34.9 Å². The van der Waals surface area contributed by atoms with Crippen LogP contribution in [-0.4, -0.2) is 46.4 Å². The Morgan fingerprint density at radius 3 is 2.41 bits per heavy atom. The molecule has 39 heavy (non-hydrogen) atoms. The number of nitrogens with zero attached hydrogens (tertiary/aromatic N) is 2. The van der Waals surface area contributed by atoms with Gasteiger partial charge in [0.05, 0.1) is 5.69 Å². The van der Waals surface area contributed by atoms with E-state index in [0.29, 0.717) is 35.6 Å². The first-order valence-corrected chi connectivity index (χ1v) is 13.4. The number of benzene rings is 2. The summed E-state index contributed by atoms with van der Waals surface area (Å²) in [5.41, 5.74) is 2.99. The van der Waals surface area contributed by atoms with Crippen molar-refractivity contribution in [1.82, 2.24) is 15.2 Å². The fraction of sp³-hybridized carbons (Fsp3) is 0.355. The van der Waals surface area contributed by atoms with Crippen LogP contribution in [-0.2, 0) is 9.53 Å². The van der Waals surface area contributed by atoms with E-state index in [4.69, 9.17) is 9.73 Å². The molecule has 2 aromatic carbocycles. The van der Waals surface area contributed by atoms with Gasteiger partial charge >= 0.3 is 6.09 Å². The standard InChI is InChI=1S/C31H36N4O4/c1-6-14-35(15-7-2)29(37)24-17-23-9-8-21(20-10-11-25-22(16-20)12-13-32-28(25)36)18-26(23)33-27(19-24)34-30(38)39-31(3,4)5/h8-13,16-18H,6-7,14-15,19H2,1-5H3,(H,32,36)(H,33,34,38). The molecule has 0 bridgehead atoms. The second-order valence-electron chi connectivity index (χ2n) is 10.7. The summed E-state index contributed by atoms with van der Waals surface area (Å²) in [7, 11) is 0. The molecule has 3 aromatic rings. The van der Waals surface area contributed by atoms with Crippen LogP contribution in [0.2, 0.25) is 0 Å². The van der Waals surface area contributed by atoms with Gasteiger partial charge in [-0.05, 0) is 80.5 Å². The monoisotopic (exact) mass is 528 g/mol. The number of aromatic amines is 1. The van der Waals surface area contributed by atoms with Crippen molar-refractivity contribution in [2.24, 2.45) is 4.99 Å².